The summed E-state index contributed by atoms with van der Waals surface area (Å²) >= 11 is 0. The average molecular weight is 210 g/mol. The summed E-state index contributed by atoms with van der Waals surface area (Å²) in [6.07, 6.45) is 0. The van der Waals surface area contributed by atoms with E-state index in [4.69, 9.17) is 4.74 Å². The first-order valence-corrected chi connectivity index (χ1v) is 4.46. The molecule has 67 valence electrons. The Morgan fingerprint density at radius 1 is 1.31 bits per heavy atom. The van der Waals surface area contributed by atoms with E-state index in [1.54, 1.807) is 24.3 Å². The van der Waals surface area contributed by atoms with E-state index in [9.17, 15) is 8.42 Å². The van der Waals surface area contributed by atoms with E-state index in [2.05, 4.69) is 4.72 Å². The number of thiol groups is 1. The third-order valence-electron chi connectivity index (χ3n) is 1.32. The van der Waals surface area contributed by atoms with E-state index < -0.39 is 10.9 Å². The molecule has 0 atom stereocenters. The summed E-state index contributed by atoms with van der Waals surface area (Å²) in [5.41, 5.74) is 0.455. The molecule has 0 aliphatic heterocycles. The zero-order valence-electron chi connectivity index (χ0n) is 7.48. The van der Waals surface area contributed by atoms with Gasteiger partial charge in [0.1, 0.15) is 5.75 Å². The molecular weight excluding hydrogens is 201 g/mol. The van der Waals surface area contributed by atoms with E-state index >= 15 is 0 Å². The maximum atomic E-state index is 10.3. The first kappa shape index (κ1) is 12.8. The summed E-state index contributed by atoms with van der Waals surface area (Å²) in [7, 11) is -1.14. The second-order valence-electron chi connectivity index (χ2n) is 2.07. The number of anilines is 1. The Kier molecular flexibility index (Phi) is 6.15. The maximum absolute atomic E-state index is 10.3. The van der Waals surface area contributed by atoms with Gasteiger partial charge in [-0.1, -0.05) is 12.1 Å². The first-order chi connectivity index (χ1) is 5.74. The summed E-state index contributed by atoms with van der Waals surface area (Å²) < 4.78 is 27.8. The molecule has 0 aliphatic carbocycles. The molecule has 1 N–H and O–H groups in total. The summed E-state index contributed by atoms with van der Waals surface area (Å²) in [4.78, 5) is 0. The fourth-order valence-electron chi connectivity index (χ4n) is 0.835. The molecule has 1 aromatic rings. The Morgan fingerprint density at radius 3 is 2.46 bits per heavy atom. The van der Waals surface area contributed by atoms with E-state index in [1.807, 2.05) is 0 Å². The molecule has 13 heavy (non-hydrogen) atoms. The fraction of sp³-hybridized carbons (Fsp3) is 0.143. The molecule has 6 heteroatoms. The Morgan fingerprint density at radius 2 is 1.92 bits per heavy atom. The summed E-state index contributed by atoms with van der Waals surface area (Å²) in [5, 5.41) is 0. The van der Waals surface area contributed by atoms with Crippen LogP contribution in [0.2, 0.25) is 0 Å². The van der Waals surface area contributed by atoms with E-state index in [0.717, 1.165) is 0 Å². The molecule has 1 aromatic carbocycles. The molecule has 0 spiro atoms. The molecular formula is C7H9NNaO3S. The van der Waals surface area contributed by atoms with Crippen molar-refractivity contribution in [2.75, 3.05) is 11.8 Å². The van der Waals surface area contributed by atoms with Crippen LogP contribution in [0.1, 0.15) is 0 Å². The van der Waals surface area contributed by atoms with Gasteiger partial charge in [0, 0.05) is 29.6 Å². The van der Waals surface area contributed by atoms with E-state index in [-0.39, 0.29) is 29.6 Å². The zero-order valence-corrected chi connectivity index (χ0v) is 10.4. The van der Waals surface area contributed by atoms with Gasteiger partial charge in [0.05, 0.1) is 12.8 Å². The van der Waals surface area contributed by atoms with Crippen molar-refractivity contribution in [2.45, 2.75) is 0 Å². The smallest absolute Gasteiger partial charge is 0.222 e. The van der Waals surface area contributed by atoms with E-state index in [0.29, 0.717) is 11.4 Å². The number of hydrogen-bond acceptors (Lipinski definition) is 3. The fourth-order valence-corrected chi connectivity index (χ4v) is 1.22. The van der Waals surface area contributed by atoms with Crippen molar-refractivity contribution < 1.29 is 13.2 Å². The molecule has 4 nitrogen and oxygen atoms in total. The quantitative estimate of drug-likeness (QED) is 0.555. The second kappa shape index (κ2) is 6.26. The Bertz CT molecular complexity index is 332. The van der Waals surface area contributed by atoms with Gasteiger partial charge in [-0.15, -0.1) is 0 Å². The first-order valence-electron chi connectivity index (χ1n) is 3.28. The number of benzene rings is 1. The van der Waals surface area contributed by atoms with Gasteiger partial charge in [0.15, 0.2) is 0 Å². The van der Waals surface area contributed by atoms with Crippen LogP contribution >= 0.6 is 0 Å². The SMILES string of the molecule is COc1ccccc1N[SH](=O)=O.[Na]. The number of nitrogens with one attached hydrogen (secondary N) is 1. The van der Waals surface area contributed by atoms with Crippen LogP contribution in [-0.2, 0) is 10.9 Å². The molecule has 0 fully saturated rings. The maximum Gasteiger partial charge on any atom is 0.222 e. The average Bonchev–Trinajstić information content (AvgIpc) is 2.04. The minimum absolute atomic E-state index is 0. The largest absolute Gasteiger partial charge is 0.495 e. The molecule has 0 bridgehead atoms. The van der Waals surface area contributed by atoms with Gasteiger partial charge in [-0.2, -0.15) is 0 Å². The van der Waals surface area contributed by atoms with Crippen LogP contribution in [0, 0.1) is 0 Å². The minimum atomic E-state index is -2.63. The predicted molar refractivity (Wildman–Crippen MR) is 52.7 cm³/mol. The third kappa shape index (κ3) is 3.99. The predicted octanol–water partition coefficient (Wildman–Crippen LogP) is 0.253. The van der Waals surface area contributed by atoms with Gasteiger partial charge in [0.2, 0.25) is 10.9 Å². The van der Waals surface area contributed by atoms with Gasteiger partial charge in [-0.3, -0.25) is 4.72 Å². The standard InChI is InChI=1S/C7H9NO3S.Na/c1-11-7-5-3-2-4-6(7)8-12(9)10;/h2-5,12H,1H3,(H,8,9,10);. The van der Waals surface area contributed by atoms with Crippen molar-refractivity contribution in [3.8, 4) is 5.75 Å². The minimum Gasteiger partial charge on any atom is -0.495 e. The topological polar surface area (TPSA) is 55.4 Å². The molecule has 0 aromatic heterocycles. The third-order valence-corrected chi connectivity index (χ3v) is 1.74. The van der Waals surface area contributed by atoms with Crippen molar-refractivity contribution in [2.24, 2.45) is 0 Å². The molecule has 0 saturated carbocycles. The molecule has 0 amide bonds. The van der Waals surface area contributed by atoms with Crippen molar-refractivity contribution >= 4 is 46.1 Å². The normalized spacial score (nSPS) is 9.08. The van der Waals surface area contributed by atoms with Gasteiger partial charge >= 0.3 is 0 Å². The van der Waals surface area contributed by atoms with Crippen LogP contribution in [0.25, 0.3) is 0 Å². The van der Waals surface area contributed by atoms with Gasteiger partial charge in [0.25, 0.3) is 0 Å². The number of hydrogen-bond donors (Lipinski definition) is 2. The van der Waals surface area contributed by atoms with Crippen molar-refractivity contribution in [1.29, 1.82) is 0 Å². The zero-order chi connectivity index (χ0) is 8.97. The van der Waals surface area contributed by atoms with Crippen LogP contribution in [0.15, 0.2) is 24.3 Å². The summed E-state index contributed by atoms with van der Waals surface area (Å²) in [6.45, 7) is 0. The Hall–Kier alpha value is -0.230. The Balaban J connectivity index is 0.00000144. The molecule has 1 rings (SSSR count). The van der Waals surface area contributed by atoms with Crippen molar-refractivity contribution in [1.82, 2.24) is 0 Å². The monoisotopic (exact) mass is 210 g/mol. The van der Waals surface area contributed by atoms with Gasteiger partial charge < -0.3 is 4.74 Å². The van der Waals surface area contributed by atoms with Crippen LogP contribution in [0.3, 0.4) is 0 Å². The van der Waals surface area contributed by atoms with Crippen LogP contribution in [0.5, 0.6) is 5.75 Å². The van der Waals surface area contributed by atoms with E-state index in [1.165, 1.54) is 7.11 Å². The van der Waals surface area contributed by atoms with Crippen molar-refractivity contribution in [3.63, 3.8) is 0 Å². The Labute approximate surface area is 101 Å². The van der Waals surface area contributed by atoms with Crippen LogP contribution in [-0.4, -0.2) is 45.1 Å². The van der Waals surface area contributed by atoms with Gasteiger partial charge in [-0.25, -0.2) is 8.42 Å². The molecule has 0 aliphatic rings. The number of para-hydroxylation sites is 2. The number of methoxy groups -OCH3 is 1. The van der Waals surface area contributed by atoms with Crippen LogP contribution < -0.4 is 9.46 Å². The summed E-state index contributed by atoms with van der Waals surface area (Å²) in [5.74, 6) is 0.511. The second-order valence-corrected chi connectivity index (χ2v) is 2.81. The van der Waals surface area contributed by atoms with Gasteiger partial charge in [-0.05, 0) is 12.1 Å². The molecule has 0 heterocycles. The van der Waals surface area contributed by atoms with Crippen molar-refractivity contribution in [3.05, 3.63) is 24.3 Å². The summed E-state index contributed by atoms with van der Waals surface area (Å²) in [6, 6.07) is 6.80. The molecule has 0 saturated heterocycles. The molecule has 0 unspecified atom stereocenters. The number of rotatable bonds is 3. The van der Waals surface area contributed by atoms with Crippen LogP contribution in [0.4, 0.5) is 5.69 Å². The molecule has 1 radical (unpaired) electrons. The number of ether oxygens (including phenoxy) is 1.